The summed E-state index contributed by atoms with van der Waals surface area (Å²) in [5.74, 6) is 0. The fourth-order valence-electron chi connectivity index (χ4n) is 2.00. The molecule has 0 spiro atoms. The van der Waals surface area contributed by atoms with Crippen molar-refractivity contribution < 1.29 is 20.0 Å². The quantitative estimate of drug-likeness (QED) is 0.691. The maximum absolute atomic E-state index is 5.96. The van der Waals surface area contributed by atoms with Crippen LogP contribution in [0.2, 0.25) is 0 Å². The zero-order valence-corrected chi connectivity index (χ0v) is 14.8. The van der Waals surface area contributed by atoms with E-state index in [4.69, 9.17) is 18.6 Å². The third-order valence-electron chi connectivity index (χ3n) is 4.77. The number of rotatable bonds is 1. The van der Waals surface area contributed by atoms with Crippen molar-refractivity contribution in [2.24, 2.45) is 0 Å². The molecule has 2 aliphatic heterocycles. The van der Waals surface area contributed by atoms with E-state index in [-0.39, 0.29) is 23.8 Å². The van der Waals surface area contributed by atoms with E-state index in [2.05, 4.69) is 0 Å². The molecule has 2 saturated heterocycles. The van der Waals surface area contributed by atoms with E-state index in [1.165, 1.54) is 0 Å². The molecule has 0 aliphatic carbocycles. The van der Waals surface area contributed by atoms with Crippen LogP contribution in [0.3, 0.4) is 0 Å². The van der Waals surface area contributed by atoms with Crippen LogP contribution in [0.15, 0.2) is 0 Å². The lowest BCUT2D eigenvalue weighted by atomic mass is 9.49. The predicted molar refractivity (Wildman–Crippen MR) is 85.6 cm³/mol. The third-order valence-corrected chi connectivity index (χ3v) is 4.77. The molecular weight excluding hydrogens is 254 g/mol. The summed E-state index contributed by atoms with van der Waals surface area (Å²) in [6, 6.07) is 0. The SMILES string of the molecule is CC.CC1(C)OB(B2OC(C)(C)C(C)(C)O2)OC1(C)C.[HH]. The van der Waals surface area contributed by atoms with Crippen molar-refractivity contribution in [3.05, 3.63) is 0 Å². The molecule has 6 heteroatoms. The number of hydrogen-bond acceptors (Lipinski definition) is 4. The summed E-state index contributed by atoms with van der Waals surface area (Å²) in [6.07, 6.45) is 0. The van der Waals surface area contributed by atoms with Crippen molar-refractivity contribution in [1.29, 1.82) is 0 Å². The van der Waals surface area contributed by atoms with Gasteiger partial charge in [-0.05, 0) is 55.4 Å². The second-order valence-electron chi connectivity index (χ2n) is 7.25. The predicted octanol–water partition coefficient (Wildman–Crippen LogP) is 3.52. The fourth-order valence-corrected chi connectivity index (χ4v) is 2.00. The first-order valence-corrected chi connectivity index (χ1v) is 7.59. The average molecular weight is 286 g/mol. The van der Waals surface area contributed by atoms with Gasteiger partial charge in [0.25, 0.3) is 0 Å². The highest BCUT2D eigenvalue weighted by Gasteiger charge is 2.63. The van der Waals surface area contributed by atoms with Crippen LogP contribution >= 0.6 is 0 Å². The van der Waals surface area contributed by atoms with E-state index in [0.29, 0.717) is 0 Å². The average Bonchev–Trinajstić information content (AvgIpc) is 2.61. The van der Waals surface area contributed by atoms with Gasteiger partial charge in [0.05, 0.1) is 22.4 Å². The van der Waals surface area contributed by atoms with Crippen molar-refractivity contribution >= 4 is 14.0 Å². The molecule has 2 rings (SSSR count). The molecule has 0 aromatic rings. The Bertz CT molecular complexity index is 293. The Morgan fingerprint density at radius 1 is 0.500 bits per heavy atom. The molecule has 0 unspecified atom stereocenters. The summed E-state index contributed by atoms with van der Waals surface area (Å²) in [4.78, 5) is 0. The zero-order chi connectivity index (χ0) is 16.0. The van der Waals surface area contributed by atoms with Gasteiger partial charge in [0.15, 0.2) is 0 Å². The van der Waals surface area contributed by atoms with Crippen molar-refractivity contribution in [2.45, 2.75) is 91.6 Å². The highest BCUT2D eigenvalue weighted by Crippen LogP contribution is 2.42. The summed E-state index contributed by atoms with van der Waals surface area (Å²) in [6.45, 7) is 20.2. The molecular formula is C14H32B2O4. The van der Waals surface area contributed by atoms with Gasteiger partial charge < -0.3 is 18.6 Å². The Labute approximate surface area is 126 Å². The van der Waals surface area contributed by atoms with Crippen molar-refractivity contribution in [3.8, 4) is 0 Å². The van der Waals surface area contributed by atoms with Gasteiger partial charge in [0.2, 0.25) is 0 Å². The van der Waals surface area contributed by atoms with E-state index in [0.717, 1.165) is 0 Å². The molecule has 0 aromatic carbocycles. The minimum Gasteiger partial charge on any atom is -0.405 e. The molecule has 0 radical (unpaired) electrons. The highest BCUT2D eigenvalue weighted by molar-refractivity contribution is 7.11. The molecule has 0 N–H and O–H groups in total. The minimum absolute atomic E-state index is 0. The Morgan fingerprint density at radius 3 is 0.800 bits per heavy atom. The van der Waals surface area contributed by atoms with E-state index in [9.17, 15) is 0 Å². The second-order valence-corrected chi connectivity index (χ2v) is 7.25. The van der Waals surface area contributed by atoms with Crippen molar-refractivity contribution in [3.63, 3.8) is 0 Å². The molecule has 0 aromatic heterocycles. The van der Waals surface area contributed by atoms with Crippen LogP contribution in [0.4, 0.5) is 0 Å². The largest absolute Gasteiger partial charge is 0.488 e. The fraction of sp³-hybridized carbons (Fsp3) is 1.00. The standard InChI is InChI=1S/C12H24B2O4.C2H6.H2/c1-9(2)10(3,4)16-13(15-9)14-17-11(5,6)12(7,8)18-14;1-2;/h1-8H3;1-2H3;1H. The maximum atomic E-state index is 5.96. The summed E-state index contributed by atoms with van der Waals surface area (Å²) in [7, 11) is -0.952. The second kappa shape index (κ2) is 5.31. The van der Waals surface area contributed by atoms with Gasteiger partial charge in [-0.25, -0.2) is 0 Å². The van der Waals surface area contributed by atoms with Gasteiger partial charge in [0.1, 0.15) is 0 Å². The van der Waals surface area contributed by atoms with Crippen LogP contribution in [-0.4, -0.2) is 36.4 Å². The molecule has 0 amide bonds. The summed E-state index contributed by atoms with van der Waals surface area (Å²) in [5, 5.41) is 0. The summed E-state index contributed by atoms with van der Waals surface area (Å²) < 4.78 is 23.8. The molecule has 118 valence electrons. The molecule has 2 fully saturated rings. The van der Waals surface area contributed by atoms with Crippen molar-refractivity contribution in [2.75, 3.05) is 0 Å². The Balaban J connectivity index is 0.00000128. The Hall–Kier alpha value is -0.0301. The van der Waals surface area contributed by atoms with Crippen LogP contribution in [-0.2, 0) is 18.6 Å². The van der Waals surface area contributed by atoms with E-state index in [1.807, 2.05) is 69.2 Å². The molecule has 0 saturated carbocycles. The lowest BCUT2D eigenvalue weighted by Gasteiger charge is -2.32. The van der Waals surface area contributed by atoms with Crippen LogP contribution in [0.1, 0.15) is 70.7 Å². The molecule has 2 aliphatic rings. The lowest BCUT2D eigenvalue weighted by molar-refractivity contribution is 0.00578. The van der Waals surface area contributed by atoms with Gasteiger partial charge in [-0.2, -0.15) is 0 Å². The summed E-state index contributed by atoms with van der Waals surface area (Å²) >= 11 is 0. The highest BCUT2D eigenvalue weighted by atomic mass is 16.7. The molecule has 2 heterocycles. The first-order valence-electron chi connectivity index (χ1n) is 7.59. The Kier molecular flexibility index (Phi) is 4.78. The van der Waals surface area contributed by atoms with Gasteiger partial charge in [-0.15, -0.1) is 0 Å². The maximum Gasteiger partial charge on any atom is 0.488 e. The minimum atomic E-state index is -0.476. The molecule has 0 bridgehead atoms. The lowest BCUT2D eigenvalue weighted by Crippen LogP contribution is -2.41. The Morgan fingerprint density at radius 2 is 0.650 bits per heavy atom. The smallest absolute Gasteiger partial charge is 0.405 e. The molecule has 20 heavy (non-hydrogen) atoms. The topological polar surface area (TPSA) is 36.9 Å². The van der Waals surface area contributed by atoms with E-state index < -0.39 is 14.0 Å². The van der Waals surface area contributed by atoms with Gasteiger partial charge >= 0.3 is 14.0 Å². The van der Waals surface area contributed by atoms with Gasteiger partial charge in [0, 0.05) is 1.43 Å². The van der Waals surface area contributed by atoms with Crippen LogP contribution < -0.4 is 0 Å². The normalized spacial score (nSPS) is 29.1. The van der Waals surface area contributed by atoms with Gasteiger partial charge in [-0.3, -0.25) is 0 Å². The van der Waals surface area contributed by atoms with Crippen LogP contribution in [0, 0.1) is 0 Å². The number of hydrogen-bond donors (Lipinski definition) is 0. The first-order chi connectivity index (χ1) is 8.88. The van der Waals surface area contributed by atoms with Gasteiger partial charge in [-0.1, -0.05) is 13.8 Å². The summed E-state index contributed by atoms with van der Waals surface area (Å²) in [5.41, 5.74) is -1.44. The van der Waals surface area contributed by atoms with E-state index >= 15 is 0 Å². The first kappa shape index (κ1) is 18.0. The van der Waals surface area contributed by atoms with Crippen LogP contribution in [0.5, 0.6) is 0 Å². The molecule has 4 nitrogen and oxygen atoms in total. The monoisotopic (exact) mass is 286 g/mol. The van der Waals surface area contributed by atoms with Crippen molar-refractivity contribution in [1.82, 2.24) is 0 Å². The molecule has 0 atom stereocenters. The zero-order valence-electron chi connectivity index (χ0n) is 14.8. The van der Waals surface area contributed by atoms with E-state index in [1.54, 1.807) is 0 Å². The van der Waals surface area contributed by atoms with Crippen LogP contribution in [0.25, 0.3) is 0 Å². The third kappa shape index (κ3) is 2.94.